The SMILES string of the molecule is CCOC(=O)C=Cc1cc2ccc(OC(C)=O)cc2oc1=O. The molecule has 0 bridgehead atoms. The van der Waals surface area contributed by atoms with E-state index in [0.29, 0.717) is 5.39 Å². The summed E-state index contributed by atoms with van der Waals surface area (Å²) in [4.78, 5) is 34.0. The first-order valence-corrected chi connectivity index (χ1v) is 6.60. The minimum atomic E-state index is -0.604. The second kappa shape index (κ2) is 6.71. The van der Waals surface area contributed by atoms with Gasteiger partial charge in [-0.15, -0.1) is 0 Å². The molecule has 0 fully saturated rings. The number of hydrogen-bond acceptors (Lipinski definition) is 6. The number of rotatable bonds is 4. The van der Waals surface area contributed by atoms with E-state index in [2.05, 4.69) is 0 Å². The van der Waals surface area contributed by atoms with Gasteiger partial charge in [0.25, 0.3) is 0 Å². The van der Waals surface area contributed by atoms with Crippen LogP contribution in [0.2, 0.25) is 0 Å². The molecule has 114 valence electrons. The Balaban J connectivity index is 2.35. The Morgan fingerprint density at radius 3 is 2.73 bits per heavy atom. The van der Waals surface area contributed by atoms with Gasteiger partial charge in [-0.2, -0.15) is 0 Å². The fraction of sp³-hybridized carbons (Fsp3) is 0.188. The van der Waals surface area contributed by atoms with E-state index in [-0.39, 0.29) is 23.5 Å². The van der Waals surface area contributed by atoms with Crippen molar-refractivity contribution in [3.63, 3.8) is 0 Å². The molecule has 0 atom stereocenters. The molecule has 6 heteroatoms. The quantitative estimate of drug-likeness (QED) is 0.373. The van der Waals surface area contributed by atoms with Crippen molar-refractivity contribution in [3.8, 4) is 5.75 Å². The maximum atomic E-state index is 11.9. The Labute approximate surface area is 125 Å². The normalized spacial score (nSPS) is 10.8. The molecule has 0 spiro atoms. The lowest BCUT2D eigenvalue weighted by molar-refractivity contribution is -0.137. The molecule has 0 aliphatic rings. The molecule has 0 aliphatic carbocycles. The average Bonchev–Trinajstić information content (AvgIpc) is 2.44. The van der Waals surface area contributed by atoms with Gasteiger partial charge in [0.2, 0.25) is 0 Å². The summed E-state index contributed by atoms with van der Waals surface area (Å²) in [7, 11) is 0. The Hall–Kier alpha value is -2.89. The minimum Gasteiger partial charge on any atom is -0.463 e. The summed E-state index contributed by atoms with van der Waals surface area (Å²) in [6, 6.07) is 6.27. The highest BCUT2D eigenvalue weighted by atomic mass is 16.5. The molecule has 22 heavy (non-hydrogen) atoms. The fourth-order valence-corrected chi connectivity index (χ4v) is 1.80. The number of carbonyl (C=O) groups is 2. The van der Waals surface area contributed by atoms with Gasteiger partial charge in [0, 0.05) is 24.5 Å². The van der Waals surface area contributed by atoms with Gasteiger partial charge in [0.1, 0.15) is 11.3 Å². The van der Waals surface area contributed by atoms with Crippen LogP contribution in [0.15, 0.2) is 39.6 Å². The van der Waals surface area contributed by atoms with Gasteiger partial charge in [-0.25, -0.2) is 9.59 Å². The third kappa shape index (κ3) is 3.82. The van der Waals surface area contributed by atoms with E-state index in [4.69, 9.17) is 13.9 Å². The monoisotopic (exact) mass is 302 g/mol. The molecular formula is C16H14O6. The first kappa shape index (κ1) is 15.5. The Kier molecular flexibility index (Phi) is 4.73. The molecular weight excluding hydrogens is 288 g/mol. The number of carbonyl (C=O) groups excluding carboxylic acids is 2. The topological polar surface area (TPSA) is 82.8 Å². The smallest absolute Gasteiger partial charge is 0.343 e. The number of benzene rings is 1. The van der Waals surface area contributed by atoms with Crippen molar-refractivity contribution in [2.75, 3.05) is 6.61 Å². The maximum absolute atomic E-state index is 11.9. The summed E-state index contributed by atoms with van der Waals surface area (Å²) < 4.78 is 14.8. The summed E-state index contributed by atoms with van der Waals surface area (Å²) in [5.41, 5.74) is -0.0918. The van der Waals surface area contributed by atoms with Gasteiger partial charge in [-0.05, 0) is 31.2 Å². The van der Waals surface area contributed by atoms with Crippen molar-refractivity contribution in [1.82, 2.24) is 0 Å². The second-order valence-electron chi connectivity index (χ2n) is 4.37. The van der Waals surface area contributed by atoms with Crippen LogP contribution in [0.5, 0.6) is 5.75 Å². The third-order valence-corrected chi connectivity index (χ3v) is 2.68. The maximum Gasteiger partial charge on any atom is 0.343 e. The van der Waals surface area contributed by atoms with E-state index in [9.17, 15) is 14.4 Å². The Morgan fingerprint density at radius 2 is 2.05 bits per heavy atom. The molecule has 0 unspecified atom stereocenters. The van der Waals surface area contributed by atoms with Crippen LogP contribution in [0.4, 0.5) is 0 Å². The first-order valence-electron chi connectivity index (χ1n) is 6.60. The van der Waals surface area contributed by atoms with Crippen molar-refractivity contribution in [2.24, 2.45) is 0 Å². The van der Waals surface area contributed by atoms with Gasteiger partial charge in [0.15, 0.2) is 0 Å². The van der Waals surface area contributed by atoms with E-state index in [1.165, 1.54) is 19.1 Å². The highest BCUT2D eigenvalue weighted by molar-refractivity contribution is 5.88. The molecule has 1 aromatic heterocycles. The van der Waals surface area contributed by atoms with E-state index in [0.717, 1.165) is 6.08 Å². The zero-order valence-electron chi connectivity index (χ0n) is 12.1. The van der Waals surface area contributed by atoms with Crippen molar-refractivity contribution in [1.29, 1.82) is 0 Å². The van der Waals surface area contributed by atoms with Crippen LogP contribution in [0.3, 0.4) is 0 Å². The molecule has 1 aromatic carbocycles. The summed E-state index contributed by atoms with van der Waals surface area (Å²) in [5.74, 6) is -0.708. The molecule has 0 radical (unpaired) electrons. The largest absolute Gasteiger partial charge is 0.463 e. The highest BCUT2D eigenvalue weighted by Gasteiger charge is 2.06. The lowest BCUT2D eigenvalue weighted by Gasteiger charge is -2.03. The lowest BCUT2D eigenvalue weighted by Crippen LogP contribution is -2.05. The predicted octanol–water partition coefficient (Wildman–Crippen LogP) is 2.29. The fourth-order valence-electron chi connectivity index (χ4n) is 1.80. The van der Waals surface area contributed by atoms with Crippen LogP contribution in [-0.4, -0.2) is 18.5 Å². The van der Waals surface area contributed by atoms with E-state index in [1.807, 2.05) is 0 Å². The van der Waals surface area contributed by atoms with Crippen molar-refractivity contribution in [2.45, 2.75) is 13.8 Å². The van der Waals surface area contributed by atoms with E-state index < -0.39 is 17.6 Å². The van der Waals surface area contributed by atoms with Gasteiger partial charge in [-0.3, -0.25) is 4.79 Å². The number of fused-ring (bicyclic) bond motifs is 1. The lowest BCUT2D eigenvalue weighted by atomic mass is 10.1. The van der Waals surface area contributed by atoms with Gasteiger partial charge < -0.3 is 13.9 Å². The summed E-state index contributed by atoms with van der Waals surface area (Å²) in [5, 5.41) is 0.638. The molecule has 6 nitrogen and oxygen atoms in total. The van der Waals surface area contributed by atoms with Crippen LogP contribution in [0.25, 0.3) is 17.0 Å². The van der Waals surface area contributed by atoms with Gasteiger partial charge in [-0.1, -0.05) is 0 Å². The van der Waals surface area contributed by atoms with Crippen LogP contribution >= 0.6 is 0 Å². The predicted molar refractivity (Wildman–Crippen MR) is 79.5 cm³/mol. The highest BCUT2D eigenvalue weighted by Crippen LogP contribution is 2.21. The molecule has 0 saturated heterocycles. The number of hydrogen-bond donors (Lipinski definition) is 0. The van der Waals surface area contributed by atoms with Crippen LogP contribution < -0.4 is 10.4 Å². The van der Waals surface area contributed by atoms with Crippen molar-refractivity contribution in [3.05, 3.63) is 46.3 Å². The Morgan fingerprint density at radius 1 is 1.27 bits per heavy atom. The van der Waals surface area contributed by atoms with E-state index in [1.54, 1.807) is 25.1 Å². The third-order valence-electron chi connectivity index (χ3n) is 2.68. The molecule has 0 amide bonds. The van der Waals surface area contributed by atoms with Crippen LogP contribution in [-0.2, 0) is 14.3 Å². The van der Waals surface area contributed by atoms with Gasteiger partial charge >= 0.3 is 17.6 Å². The van der Waals surface area contributed by atoms with Crippen molar-refractivity contribution < 1.29 is 23.5 Å². The second-order valence-corrected chi connectivity index (χ2v) is 4.37. The molecule has 1 heterocycles. The van der Waals surface area contributed by atoms with Crippen LogP contribution in [0.1, 0.15) is 19.4 Å². The summed E-state index contributed by atoms with van der Waals surface area (Å²) >= 11 is 0. The van der Waals surface area contributed by atoms with Gasteiger partial charge in [0.05, 0.1) is 12.2 Å². The number of esters is 2. The minimum absolute atomic E-state index is 0.223. The standard InChI is InChI=1S/C16H14O6/c1-3-20-15(18)7-5-12-8-11-4-6-13(21-10(2)17)9-14(11)22-16(12)19/h4-9H,3H2,1-2H3. The average molecular weight is 302 g/mol. The molecule has 0 N–H and O–H groups in total. The molecule has 0 aliphatic heterocycles. The van der Waals surface area contributed by atoms with E-state index >= 15 is 0 Å². The zero-order valence-corrected chi connectivity index (χ0v) is 12.1. The van der Waals surface area contributed by atoms with Crippen molar-refractivity contribution >= 4 is 29.0 Å². The zero-order chi connectivity index (χ0) is 16.1. The summed E-state index contributed by atoms with van der Waals surface area (Å²) in [6.07, 6.45) is 2.50. The Bertz CT molecular complexity index is 800. The molecule has 0 saturated carbocycles. The molecule has 2 aromatic rings. The van der Waals surface area contributed by atoms with Crippen LogP contribution in [0, 0.1) is 0 Å². The first-order chi connectivity index (χ1) is 10.5. The summed E-state index contributed by atoms with van der Waals surface area (Å²) in [6.45, 7) is 3.23. The molecule has 2 rings (SSSR count). The number of ether oxygens (including phenoxy) is 2.